The van der Waals surface area contributed by atoms with Gasteiger partial charge in [-0.25, -0.2) is 0 Å². The third-order valence-electron chi connectivity index (χ3n) is 3.63. The van der Waals surface area contributed by atoms with Gasteiger partial charge in [0.1, 0.15) is 0 Å². The summed E-state index contributed by atoms with van der Waals surface area (Å²) in [7, 11) is 1.85. The Labute approximate surface area is 119 Å². The topological polar surface area (TPSA) is 32.3 Å². The first-order valence-corrected chi connectivity index (χ1v) is 7.84. The predicted molar refractivity (Wildman–Crippen MR) is 80.4 cm³/mol. The van der Waals surface area contributed by atoms with E-state index in [9.17, 15) is 4.79 Å². The van der Waals surface area contributed by atoms with Gasteiger partial charge in [0, 0.05) is 24.5 Å². The smallest absolute Gasteiger partial charge is 0.239 e. The predicted octanol–water partition coefficient (Wildman–Crippen LogP) is 2.68. The number of rotatable bonds is 4. The molecule has 1 aliphatic rings. The quantitative estimate of drug-likeness (QED) is 0.919. The monoisotopic (exact) mass is 278 g/mol. The van der Waals surface area contributed by atoms with Crippen molar-refractivity contribution in [3.8, 4) is 0 Å². The van der Waals surface area contributed by atoms with Gasteiger partial charge in [0.2, 0.25) is 5.91 Å². The Morgan fingerprint density at radius 3 is 3.00 bits per heavy atom. The van der Waals surface area contributed by atoms with E-state index in [0.717, 1.165) is 18.7 Å². The second kappa shape index (κ2) is 6.44. The van der Waals surface area contributed by atoms with E-state index in [1.54, 1.807) is 4.90 Å². The summed E-state index contributed by atoms with van der Waals surface area (Å²) in [6.45, 7) is 4.71. The molecule has 1 N–H and O–H groups in total. The summed E-state index contributed by atoms with van der Waals surface area (Å²) in [6.07, 6.45) is 1.08. The fourth-order valence-electron chi connectivity index (χ4n) is 2.37. The largest absolute Gasteiger partial charge is 0.345 e. The lowest BCUT2D eigenvalue weighted by molar-refractivity contribution is -0.131. The second-order valence-electron chi connectivity index (χ2n) is 4.97. The molecule has 3 nitrogen and oxygen atoms in total. The number of carbonyl (C=O) groups excluding carboxylic acids is 1. The first-order valence-electron chi connectivity index (χ1n) is 6.86. The van der Waals surface area contributed by atoms with Gasteiger partial charge < -0.3 is 4.90 Å². The van der Waals surface area contributed by atoms with E-state index in [2.05, 4.69) is 29.6 Å². The summed E-state index contributed by atoms with van der Waals surface area (Å²) in [5.41, 5.74) is 1.33. The number of hydrogen-bond acceptors (Lipinski definition) is 3. The molecule has 0 saturated heterocycles. The summed E-state index contributed by atoms with van der Waals surface area (Å²) >= 11 is 1.90. The van der Waals surface area contributed by atoms with E-state index in [4.69, 9.17) is 0 Å². The molecule has 1 aliphatic heterocycles. The van der Waals surface area contributed by atoms with Crippen molar-refractivity contribution in [3.05, 3.63) is 29.8 Å². The molecule has 0 bridgehead atoms. The molecule has 1 amide bonds. The number of benzene rings is 1. The van der Waals surface area contributed by atoms with Crippen LogP contribution in [-0.2, 0) is 4.79 Å². The molecule has 0 saturated carbocycles. The molecule has 1 aromatic carbocycles. The van der Waals surface area contributed by atoms with Gasteiger partial charge in [-0.2, -0.15) is 0 Å². The highest BCUT2D eigenvalue weighted by molar-refractivity contribution is 7.99. The maximum absolute atomic E-state index is 12.1. The maximum atomic E-state index is 12.1. The number of amides is 1. The van der Waals surface area contributed by atoms with Crippen LogP contribution < -0.4 is 5.32 Å². The van der Waals surface area contributed by atoms with Crippen LogP contribution in [0.15, 0.2) is 29.2 Å². The second-order valence-corrected chi connectivity index (χ2v) is 6.11. The van der Waals surface area contributed by atoms with Crippen molar-refractivity contribution in [1.29, 1.82) is 0 Å². The van der Waals surface area contributed by atoms with Crippen LogP contribution in [0, 0.1) is 0 Å². The third-order valence-corrected chi connectivity index (χ3v) is 4.75. The Morgan fingerprint density at radius 2 is 2.26 bits per heavy atom. The normalized spacial score (nSPS) is 19.6. The summed E-state index contributed by atoms with van der Waals surface area (Å²) in [5.74, 6) is 1.28. The van der Waals surface area contributed by atoms with E-state index in [0.29, 0.717) is 6.04 Å². The minimum absolute atomic E-state index is 0.133. The minimum atomic E-state index is -0.133. The number of fused-ring (bicyclic) bond motifs is 1. The highest BCUT2D eigenvalue weighted by Gasteiger charge is 2.24. The molecule has 19 heavy (non-hydrogen) atoms. The summed E-state index contributed by atoms with van der Waals surface area (Å²) in [5, 5.41) is 3.49. The van der Waals surface area contributed by atoms with Gasteiger partial charge in [-0.1, -0.05) is 18.2 Å². The van der Waals surface area contributed by atoms with Crippen LogP contribution in [0.2, 0.25) is 0 Å². The number of carbonyl (C=O) groups is 1. The molecule has 2 rings (SSSR count). The lowest BCUT2D eigenvalue weighted by Gasteiger charge is -2.29. The van der Waals surface area contributed by atoms with E-state index in [-0.39, 0.29) is 11.9 Å². The molecule has 104 valence electrons. The van der Waals surface area contributed by atoms with E-state index >= 15 is 0 Å². The van der Waals surface area contributed by atoms with Crippen molar-refractivity contribution in [2.24, 2.45) is 0 Å². The van der Waals surface area contributed by atoms with Crippen molar-refractivity contribution in [3.63, 3.8) is 0 Å². The maximum Gasteiger partial charge on any atom is 0.239 e. The molecular formula is C15H22N2OS. The number of likely N-dealkylation sites (N-methyl/N-ethyl adjacent to an activating group) is 1. The Morgan fingerprint density at radius 1 is 1.53 bits per heavy atom. The Kier molecular flexibility index (Phi) is 4.88. The number of thioether (sulfide) groups is 1. The van der Waals surface area contributed by atoms with Gasteiger partial charge in [0.15, 0.2) is 0 Å². The highest BCUT2D eigenvalue weighted by atomic mass is 32.2. The van der Waals surface area contributed by atoms with Crippen LogP contribution in [0.3, 0.4) is 0 Å². The standard InChI is InChI=1S/C15H22N2OS/c1-4-17(3)15(18)11(2)16-13-9-10-19-14-8-6-5-7-12(13)14/h5-8,11,13,16H,4,9-10H2,1-3H3. The zero-order valence-electron chi connectivity index (χ0n) is 11.8. The van der Waals surface area contributed by atoms with Crippen LogP contribution in [0.25, 0.3) is 0 Å². The minimum Gasteiger partial charge on any atom is -0.345 e. The fraction of sp³-hybridized carbons (Fsp3) is 0.533. The average Bonchev–Trinajstić information content (AvgIpc) is 2.46. The molecular weight excluding hydrogens is 256 g/mol. The molecule has 0 aliphatic carbocycles. The molecule has 2 unspecified atom stereocenters. The van der Waals surface area contributed by atoms with Crippen molar-refractivity contribution in [1.82, 2.24) is 10.2 Å². The SMILES string of the molecule is CCN(C)C(=O)C(C)NC1CCSc2ccccc21. The van der Waals surface area contributed by atoms with Gasteiger partial charge in [0.25, 0.3) is 0 Å². The van der Waals surface area contributed by atoms with Crippen molar-refractivity contribution < 1.29 is 4.79 Å². The first kappa shape index (κ1) is 14.4. The van der Waals surface area contributed by atoms with E-state index in [1.807, 2.05) is 32.7 Å². The fourth-order valence-corrected chi connectivity index (χ4v) is 3.50. The van der Waals surface area contributed by atoms with Crippen molar-refractivity contribution in [2.45, 2.75) is 37.2 Å². The van der Waals surface area contributed by atoms with Crippen molar-refractivity contribution in [2.75, 3.05) is 19.3 Å². The van der Waals surface area contributed by atoms with Crippen LogP contribution in [-0.4, -0.2) is 36.2 Å². The third kappa shape index (κ3) is 3.31. The summed E-state index contributed by atoms with van der Waals surface area (Å²) in [4.78, 5) is 15.2. The van der Waals surface area contributed by atoms with E-state index in [1.165, 1.54) is 10.5 Å². The zero-order chi connectivity index (χ0) is 13.8. The molecule has 1 heterocycles. The molecule has 0 fully saturated rings. The molecule has 0 aromatic heterocycles. The number of nitrogens with zero attached hydrogens (tertiary/aromatic N) is 1. The Balaban J connectivity index is 2.06. The van der Waals surface area contributed by atoms with E-state index < -0.39 is 0 Å². The van der Waals surface area contributed by atoms with Gasteiger partial charge in [-0.05, 0) is 37.7 Å². The first-order chi connectivity index (χ1) is 9.13. The lowest BCUT2D eigenvalue weighted by Crippen LogP contribution is -2.44. The van der Waals surface area contributed by atoms with Crippen LogP contribution in [0.1, 0.15) is 31.9 Å². The van der Waals surface area contributed by atoms with Gasteiger partial charge in [0.05, 0.1) is 6.04 Å². The number of nitrogens with one attached hydrogen (secondary N) is 1. The van der Waals surface area contributed by atoms with Crippen molar-refractivity contribution >= 4 is 17.7 Å². The number of hydrogen-bond donors (Lipinski definition) is 1. The summed E-state index contributed by atoms with van der Waals surface area (Å²) in [6, 6.07) is 8.64. The van der Waals surface area contributed by atoms with Gasteiger partial charge in [-0.3, -0.25) is 10.1 Å². The molecule has 4 heteroatoms. The Bertz CT molecular complexity index is 450. The van der Waals surface area contributed by atoms with Gasteiger partial charge in [-0.15, -0.1) is 11.8 Å². The molecule has 2 atom stereocenters. The highest BCUT2D eigenvalue weighted by Crippen LogP contribution is 2.35. The lowest BCUT2D eigenvalue weighted by atomic mass is 10.0. The van der Waals surface area contributed by atoms with Crippen LogP contribution in [0.4, 0.5) is 0 Å². The van der Waals surface area contributed by atoms with Gasteiger partial charge >= 0.3 is 0 Å². The Hall–Kier alpha value is -1.00. The molecule has 0 spiro atoms. The molecule has 0 radical (unpaired) electrons. The molecule has 1 aromatic rings. The summed E-state index contributed by atoms with van der Waals surface area (Å²) < 4.78 is 0. The van der Waals surface area contributed by atoms with Crippen LogP contribution >= 0.6 is 11.8 Å². The zero-order valence-corrected chi connectivity index (χ0v) is 12.7. The van der Waals surface area contributed by atoms with Crippen LogP contribution in [0.5, 0.6) is 0 Å². The average molecular weight is 278 g/mol.